The summed E-state index contributed by atoms with van der Waals surface area (Å²) in [5.41, 5.74) is 0. The Bertz CT molecular complexity index is 399. The minimum absolute atomic E-state index is 0.408. The van der Waals surface area contributed by atoms with Gasteiger partial charge < -0.3 is 0 Å². The van der Waals surface area contributed by atoms with Gasteiger partial charge in [0.15, 0.2) is 0 Å². The van der Waals surface area contributed by atoms with Crippen molar-refractivity contribution in [1.29, 1.82) is 0 Å². The Hall–Kier alpha value is -0.390. The first kappa shape index (κ1) is 15.7. The number of sulfonamides is 1. The first-order valence-electron chi connectivity index (χ1n) is 6.70. The van der Waals surface area contributed by atoms with Gasteiger partial charge in [0.25, 0.3) is 0 Å². The van der Waals surface area contributed by atoms with Crippen molar-refractivity contribution in [2.45, 2.75) is 56.1 Å². The Balaban J connectivity index is 2.08. The third-order valence-electron chi connectivity index (χ3n) is 2.83. The number of hydrogen-bond donors (Lipinski definition) is 1. The molecule has 0 aliphatic heterocycles. The number of hydrogen-bond acceptors (Lipinski definition) is 3. The molecule has 0 aliphatic rings. The molecule has 3 nitrogen and oxygen atoms in total. The van der Waals surface area contributed by atoms with E-state index in [0.717, 1.165) is 12.8 Å². The van der Waals surface area contributed by atoms with E-state index in [0.29, 0.717) is 10.8 Å². The molecule has 0 atom stereocenters. The summed E-state index contributed by atoms with van der Waals surface area (Å²) in [4.78, 5) is 0. The molecule has 0 aliphatic carbocycles. The fourth-order valence-corrected chi connectivity index (χ4v) is 3.89. The molecule has 1 aromatic rings. The summed E-state index contributed by atoms with van der Waals surface area (Å²) in [6.45, 7) is 2.76. The van der Waals surface area contributed by atoms with Crippen LogP contribution in [0.15, 0.2) is 21.7 Å². The maximum absolute atomic E-state index is 11.8. The normalized spacial score (nSPS) is 11.8. The standard InChI is InChI=1S/C13H23NO2S2/c1-2-3-4-5-6-7-8-11-14-18(15,16)13-10-9-12-17-13/h9-10,12,14H,2-8,11H2,1H3. The Morgan fingerprint density at radius 2 is 1.78 bits per heavy atom. The third kappa shape index (κ3) is 5.98. The zero-order valence-electron chi connectivity index (χ0n) is 11.0. The highest BCUT2D eigenvalue weighted by Crippen LogP contribution is 2.15. The van der Waals surface area contributed by atoms with Crippen LogP contribution in [0.1, 0.15) is 51.9 Å². The maximum Gasteiger partial charge on any atom is 0.250 e. The second-order valence-corrected chi connectivity index (χ2v) is 7.39. The van der Waals surface area contributed by atoms with E-state index in [-0.39, 0.29) is 0 Å². The van der Waals surface area contributed by atoms with Crippen LogP contribution in [0.2, 0.25) is 0 Å². The van der Waals surface area contributed by atoms with Crippen LogP contribution in [0, 0.1) is 0 Å². The summed E-state index contributed by atoms with van der Waals surface area (Å²) >= 11 is 1.26. The third-order valence-corrected chi connectivity index (χ3v) is 5.69. The maximum atomic E-state index is 11.8. The molecular formula is C13H23NO2S2. The van der Waals surface area contributed by atoms with Gasteiger partial charge in [0.2, 0.25) is 10.0 Å². The Morgan fingerprint density at radius 3 is 2.39 bits per heavy atom. The molecule has 1 rings (SSSR count). The molecular weight excluding hydrogens is 266 g/mol. The van der Waals surface area contributed by atoms with Crippen LogP contribution < -0.4 is 4.72 Å². The molecule has 0 amide bonds. The molecule has 0 aromatic carbocycles. The van der Waals surface area contributed by atoms with E-state index < -0.39 is 10.0 Å². The van der Waals surface area contributed by atoms with Crippen LogP contribution >= 0.6 is 11.3 Å². The van der Waals surface area contributed by atoms with E-state index >= 15 is 0 Å². The lowest BCUT2D eigenvalue weighted by molar-refractivity contribution is 0.565. The molecule has 0 saturated carbocycles. The van der Waals surface area contributed by atoms with Gasteiger partial charge in [-0.2, -0.15) is 0 Å². The Morgan fingerprint density at radius 1 is 1.11 bits per heavy atom. The van der Waals surface area contributed by atoms with Crippen LogP contribution in [0.5, 0.6) is 0 Å². The van der Waals surface area contributed by atoms with Gasteiger partial charge in [-0.1, -0.05) is 51.5 Å². The topological polar surface area (TPSA) is 46.2 Å². The van der Waals surface area contributed by atoms with Crippen molar-refractivity contribution in [2.75, 3.05) is 6.54 Å². The molecule has 104 valence electrons. The lowest BCUT2D eigenvalue weighted by Crippen LogP contribution is -2.23. The molecule has 0 spiro atoms. The Kier molecular flexibility index (Phi) is 7.54. The van der Waals surface area contributed by atoms with Crippen LogP contribution in [-0.4, -0.2) is 15.0 Å². The minimum atomic E-state index is -3.25. The fraction of sp³-hybridized carbons (Fsp3) is 0.692. The smallest absolute Gasteiger partial charge is 0.210 e. The van der Waals surface area contributed by atoms with Gasteiger partial charge in [-0.05, 0) is 17.9 Å². The van der Waals surface area contributed by atoms with Crippen molar-refractivity contribution >= 4 is 21.4 Å². The largest absolute Gasteiger partial charge is 0.250 e. The minimum Gasteiger partial charge on any atom is -0.210 e. The van der Waals surface area contributed by atoms with Gasteiger partial charge in [0.1, 0.15) is 4.21 Å². The van der Waals surface area contributed by atoms with Gasteiger partial charge in [0.05, 0.1) is 0 Å². The van der Waals surface area contributed by atoms with Crippen LogP contribution in [0.25, 0.3) is 0 Å². The van der Waals surface area contributed by atoms with Crippen LogP contribution in [0.3, 0.4) is 0 Å². The van der Waals surface area contributed by atoms with Crippen molar-refractivity contribution in [1.82, 2.24) is 4.72 Å². The summed E-state index contributed by atoms with van der Waals surface area (Å²) in [6.07, 6.45) is 8.39. The second-order valence-electron chi connectivity index (χ2n) is 4.45. The summed E-state index contributed by atoms with van der Waals surface area (Å²) in [5, 5.41) is 1.78. The van der Waals surface area contributed by atoms with Gasteiger partial charge in [-0.25, -0.2) is 13.1 Å². The Labute approximate surface area is 115 Å². The quantitative estimate of drug-likeness (QED) is 0.666. The summed E-state index contributed by atoms with van der Waals surface area (Å²) in [7, 11) is -3.25. The molecule has 0 radical (unpaired) electrons. The molecule has 1 aromatic heterocycles. The number of nitrogens with one attached hydrogen (secondary N) is 1. The fourth-order valence-electron chi connectivity index (χ4n) is 1.78. The van der Waals surface area contributed by atoms with Crippen LogP contribution in [-0.2, 0) is 10.0 Å². The predicted octanol–water partition coefficient (Wildman–Crippen LogP) is 3.78. The summed E-state index contributed by atoms with van der Waals surface area (Å²) in [5.74, 6) is 0. The highest BCUT2D eigenvalue weighted by atomic mass is 32.2. The van der Waals surface area contributed by atoms with Crippen molar-refractivity contribution < 1.29 is 8.42 Å². The SMILES string of the molecule is CCCCCCCCCNS(=O)(=O)c1cccs1. The highest BCUT2D eigenvalue weighted by Gasteiger charge is 2.13. The lowest BCUT2D eigenvalue weighted by Gasteiger charge is -2.04. The van der Waals surface area contributed by atoms with E-state index in [4.69, 9.17) is 0 Å². The van der Waals surface area contributed by atoms with Crippen molar-refractivity contribution in [3.05, 3.63) is 17.5 Å². The average Bonchev–Trinajstić information content (AvgIpc) is 2.87. The molecule has 0 bridgehead atoms. The second kappa shape index (κ2) is 8.67. The first-order valence-corrected chi connectivity index (χ1v) is 9.06. The molecule has 0 fully saturated rings. The molecule has 0 unspecified atom stereocenters. The van der Waals surface area contributed by atoms with Gasteiger partial charge in [-0.15, -0.1) is 11.3 Å². The van der Waals surface area contributed by atoms with Gasteiger partial charge >= 0.3 is 0 Å². The summed E-state index contributed by atoms with van der Waals surface area (Å²) in [6, 6.07) is 3.39. The highest BCUT2D eigenvalue weighted by molar-refractivity contribution is 7.91. The number of thiophene rings is 1. The zero-order chi connectivity index (χ0) is 13.3. The molecule has 0 saturated heterocycles. The molecule has 5 heteroatoms. The molecule has 1 heterocycles. The molecule has 1 N–H and O–H groups in total. The monoisotopic (exact) mass is 289 g/mol. The zero-order valence-corrected chi connectivity index (χ0v) is 12.7. The lowest BCUT2D eigenvalue weighted by atomic mass is 10.1. The van der Waals surface area contributed by atoms with E-state index in [2.05, 4.69) is 11.6 Å². The van der Waals surface area contributed by atoms with Gasteiger partial charge in [0, 0.05) is 6.54 Å². The van der Waals surface area contributed by atoms with Crippen molar-refractivity contribution in [3.8, 4) is 0 Å². The van der Waals surface area contributed by atoms with E-state index in [9.17, 15) is 8.42 Å². The van der Waals surface area contributed by atoms with Crippen molar-refractivity contribution in [2.24, 2.45) is 0 Å². The predicted molar refractivity (Wildman–Crippen MR) is 77.5 cm³/mol. The van der Waals surface area contributed by atoms with E-state index in [1.807, 2.05) is 0 Å². The number of rotatable bonds is 10. The van der Waals surface area contributed by atoms with Crippen LogP contribution in [0.4, 0.5) is 0 Å². The van der Waals surface area contributed by atoms with Crippen molar-refractivity contribution in [3.63, 3.8) is 0 Å². The first-order chi connectivity index (χ1) is 8.67. The van der Waals surface area contributed by atoms with E-state index in [1.165, 1.54) is 43.4 Å². The van der Waals surface area contributed by atoms with Gasteiger partial charge in [-0.3, -0.25) is 0 Å². The number of unbranched alkanes of at least 4 members (excludes halogenated alkanes) is 6. The average molecular weight is 289 g/mol. The van der Waals surface area contributed by atoms with E-state index in [1.54, 1.807) is 17.5 Å². The summed E-state index contributed by atoms with van der Waals surface area (Å²) < 4.78 is 26.6. The molecule has 18 heavy (non-hydrogen) atoms.